The SMILES string of the molecule is CCC(C)(CCO)Nc1ccc2nccnc2n1. The molecule has 0 aliphatic heterocycles. The Hall–Kier alpha value is -1.75. The molecule has 0 saturated carbocycles. The van der Waals surface area contributed by atoms with Crippen LogP contribution < -0.4 is 5.32 Å². The van der Waals surface area contributed by atoms with Gasteiger partial charge in [-0.3, -0.25) is 4.98 Å². The molecule has 0 aliphatic rings. The Bertz CT molecular complexity index is 531. The van der Waals surface area contributed by atoms with E-state index in [0.29, 0.717) is 12.1 Å². The molecule has 0 radical (unpaired) electrons. The van der Waals surface area contributed by atoms with Gasteiger partial charge >= 0.3 is 0 Å². The van der Waals surface area contributed by atoms with Gasteiger partial charge in [0.05, 0.1) is 0 Å². The fourth-order valence-corrected chi connectivity index (χ4v) is 1.81. The average molecular weight is 246 g/mol. The summed E-state index contributed by atoms with van der Waals surface area (Å²) in [4.78, 5) is 12.8. The highest BCUT2D eigenvalue weighted by atomic mass is 16.3. The summed E-state index contributed by atoms with van der Waals surface area (Å²) in [6.07, 6.45) is 4.88. The number of rotatable bonds is 5. The van der Waals surface area contributed by atoms with Crippen molar-refractivity contribution in [3.05, 3.63) is 24.5 Å². The lowest BCUT2D eigenvalue weighted by Crippen LogP contribution is -2.35. The number of pyridine rings is 1. The molecule has 2 heterocycles. The Labute approximate surface area is 106 Å². The highest BCUT2D eigenvalue weighted by Gasteiger charge is 2.21. The van der Waals surface area contributed by atoms with Gasteiger partial charge in [0.1, 0.15) is 11.3 Å². The number of hydrogen-bond donors (Lipinski definition) is 2. The lowest BCUT2D eigenvalue weighted by Gasteiger charge is -2.29. The van der Waals surface area contributed by atoms with E-state index in [-0.39, 0.29) is 12.1 Å². The third-order valence-corrected chi connectivity index (χ3v) is 3.21. The number of hydrogen-bond acceptors (Lipinski definition) is 5. The van der Waals surface area contributed by atoms with E-state index in [1.54, 1.807) is 12.4 Å². The predicted molar refractivity (Wildman–Crippen MR) is 71.4 cm³/mol. The van der Waals surface area contributed by atoms with Gasteiger partial charge in [-0.15, -0.1) is 0 Å². The Morgan fingerprint density at radius 1 is 1.28 bits per heavy atom. The van der Waals surface area contributed by atoms with Crippen molar-refractivity contribution < 1.29 is 5.11 Å². The van der Waals surface area contributed by atoms with Gasteiger partial charge < -0.3 is 10.4 Å². The van der Waals surface area contributed by atoms with Crippen molar-refractivity contribution in [2.75, 3.05) is 11.9 Å². The van der Waals surface area contributed by atoms with Gasteiger partial charge in [0.25, 0.3) is 0 Å². The van der Waals surface area contributed by atoms with Crippen LogP contribution in [0.5, 0.6) is 0 Å². The maximum atomic E-state index is 9.10. The minimum absolute atomic E-state index is 0.155. The van der Waals surface area contributed by atoms with Gasteiger partial charge in [-0.1, -0.05) is 6.92 Å². The van der Waals surface area contributed by atoms with Crippen LogP contribution in [0.15, 0.2) is 24.5 Å². The third-order valence-electron chi connectivity index (χ3n) is 3.21. The summed E-state index contributed by atoms with van der Waals surface area (Å²) in [5.41, 5.74) is 1.26. The molecule has 2 aromatic heterocycles. The maximum Gasteiger partial charge on any atom is 0.180 e. The number of fused-ring (bicyclic) bond motifs is 1. The lowest BCUT2D eigenvalue weighted by atomic mass is 9.95. The second-order valence-electron chi connectivity index (χ2n) is 4.61. The number of aliphatic hydroxyl groups excluding tert-OH is 1. The zero-order valence-electron chi connectivity index (χ0n) is 10.7. The quantitative estimate of drug-likeness (QED) is 0.844. The van der Waals surface area contributed by atoms with E-state index in [9.17, 15) is 0 Å². The summed E-state index contributed by atoms with van der Waals surface area (Å²) in [5, 5.41) is 12.5. The van der Waals surface area contributed by atoms with Crippen molar-refractivity contribution in [2.45, 2.75) is 32.2 Å². The third kappa shape index (κ3) is 2.73. The van der Waals surface area contributed by atoms with Crippen molar-refractivity contribution in [1.29, 1.82) is 0 Å². The van der Waals surface area contributed by atoms with Crippen LogP contribution in [0.2, 0.25) is 0 Å². The van der Waals surface area contributed by atoms with Crippen LogP contribution in [0.25, 0.3) is 11.2 Å². The van der Waals surface area contributed by atoms with Gasteiger partial charge in [-0.05, 0) is 31.9 Å². The van der Waals surface area contributed by atoms with E-state index in [2.05, 4.69) is 34.1 Å². The predicted octanol–water partition coefficient (Wildman–Crippen LogP) is 1.99. The summed E-state index contributed by atoms with van der Waals surface area (Å²) < 4.78 is 0. The number of aliphatic hydroxyl groups is 1. The molecule has 0 fully saturated rings. The van der Waals surface area contributed by atoms with Crippen LogP contribution in [-0.2, 0) is 0 Å². The first-order chi connectivity index (χ1) is 8.67. The fraction of sp³-hybridized carbons (Fsp3) is 0.462. The van der Waals surface area contributed by atoms with Crippen molar-refractivity contribution >= 4 is 17.0 Å². The van der Waals surface area contributed by atoms with Gasteiger partial charge in [0, 0.05) is 24.5 Å². The van der Waals surface area contributed by atoms with E-state index in [4.69, 9.17) is 5.11 Å². The van der Waals surface area contributed by atoms with Crippen LogP contribution in [-0.4, -0.2) is 32.2 Å². The molecule has 2 aromatic rings. The zero-order chi connectivity index (χ0) is 13.0. The van der Waals surface area contributed by atoms with Crippen molar-refractivity contribution in [3.8, 4) is 0 Å². The first-order valence-electron chi connectivity index (χ1n) is 6.14. The second kappa shape index (κ2) is 5.27. The van der Waals surface area contributed by atoms with E-state index >= 15 is 0 Å². The number of anilines is 1. The standard InChI is InChI=1S/C13H18N4O/c1-3-13(2,6-9-18)17-11-5-4-10-12(16-11)15-8-7-14-10/h4-5,7-8,18H,3,6,9H2,1-2H3,(H,15,16,17). The maximum absolute atomic E-state index is 9.10. The molecule has 1 atom stereocenters. The molecule has 2 rings (SSSR count). The number of nitrogens with zero attached hydrogens (tertiary/aromatic N) is 3. The Morgan fingerprint density at radius 3 is 2.78 bits per heavy atom. The van der Waals surface area contributed by atoms with Gasteiger partial charge in [-0.25, -0.2) is 9.97 Å². The minimum atomic E-state index is -0.155. The monoisotopic (exact) mass is 246 g/mol. The molecule has 18 heavy (non-hydrogen) atoms. The molecule has 0 spiro atoms. The highest BCUT2D eigenvalue weighted by Crippen LogP contribution is 2.21. The molecule has 5 heteroatoms. The molecule has 96 valence electrons. The molecule has 0 amide bonds. The van der Waals surface area contributed by atoms with Crippen molar-refractivity contribution in [1.82, 2.24) is 15.0 Å². The summed E-state index contributed by atoms with van der Waals surface area (Å²) in [5.74, 6) is 0.765. The van der Waals surface area contributed by atoms with E-state index < -0.39 is 0 Å². The molecule has 0 bridgehead atoms. The average Bonchev–Trinajstić information content (AvgIpc) is 2.39. The fourth-order valence-electron chi connectivity index (χ4n) is 1.81. The van der Waals surface area contributed by atoms with E-state index in [1.165, 1.54) is 0 Å². The summed E-state index contributed by atoms with van der Waals surface area (Å²) in [6.45, 7) is 4.32. The molecule has 5 nitrogen and oxygen atoms in total. The molecule has 2 N–H and O–H groups in total. The molecular weight excluding hydrogens is 228 g/mol. The molecule has 0 saturated heterocycles. The molecular formula is C13H18N4O. The highest BCUT2D eigenvalue weighted by molar-refractivity contribution is 5.71. The summed E-state index contributed by atoms with van der Waals surface area (Å²) in [6, 6.07) is 3.79. The van der Waals surface area contributed by atoms with Crippen LogP contribution in [0.4, 0.5) is 5.82 Å². The number of nitrogens with one attached hydrogen (secondary N) is 1. The second-order valence-corrected chi connectivity index (χ2v) is 4.61. The van der Waals surface area contributed by atoms with Crippen LogP contribution in [0.3, 0.4) is 0 Å². The van der Waals surface area contributed by atoms with Crippen molar-refractivity contribution in [2.24, 2.45) is 0 Å². The molecule has 1 unspecified atom stereocenters. The summed E-state index contributed by atoms with van der Waals surface area (Å²) in [7, 11) is 0. The smallest absolute Gasteiger partial charge is 0.180 e. The van der Waals surface area contributed by atoms with Crippen LogP contribution >= 0.6 is 0 Å². The van der Waals surface area contributed by atoms with Crippen molar-refractivity contribution in [3.63, 3.8) is 0 Å². The normalized spacial score (nSPS) is 14.4. The molecule has 0 aromatic carbocycles. The topological polar surface area (TPSA) is 70.9 Å². The van der Waals surface area contributed by atoms with Crippen LogP contribution in [0, 0.1) is 0 Å². The number of aromatic nitrogens is 3. The van der Waals surface area contributed by atoms with Gasteiger partial charge in [-0.2, -0.15) is 0 Å². The zero-order valence-corrected chi connectivity index (χ0v) is 10.7. The molecule has 0 aliphatic carbocycles. The summed E-state index contributed by atoms with van der Waals surface area (Å²) >= 11 is 0. The minimum Gasteiger partial charge on any atom is -0.396 e. The lowest BCUT2D eigenvalue weighted by molar-refractivity contribution is 0.252. The Morgan fingerprint density at radius 2 is 2.06 bits per heavy atom. The first kappa shape index (κ1) is 12.7. The first-order valence-corrected chi connectivity index (χ1v) is 6.14. The largest absolute Gasteiger partial charge is 0.396 e. The van der Waals surface area contributed by atoms with Gasteiger partial charge in [0.15, 0.2) is 5.65 Å². The van der Waals surface area contributed by atoms with E-state index in [0.717, 1.165) is 17.8 Å². The van der Waals surface area contributed by atoms with E-state index in [1.807, 2.05) is 12.1 Å². The Balaban J connectivity index is 2.26. The van der Waals surface area contributed by atoms with Gasteiger partial charge in [0.2, 0.25) is 0 Å². The van der Waals surface area contributed by atoms with Crippen LogP contribution in [0.1, 0.15) is 26.7 Å². The Kier molecular flexibility index (Phi) is 3.72.